The van der Waals surface area contributed by atoms with Crippen molar-refractivity contribution >= 4 is 5.69 Å². The van der Waals surface area contributed by atoms with Crippen molar-refractivity contribution < 1.29 is 14.2 Å². The zero-order valence-corrected chi connectivity index (χ0v) is 11.9. The summed E-state index contributed by atoms with van der Waals surface area (Å²) in [5.41, 5.74) is 8.98. The predicted octanol–water partition coefficient (Wildman–Crippen LogP) is 1.75. The molecule has 0 radical (unpaired) electrons. The molecule has 1 saturated heterocycles. The first kappa shape index (κ1) is 13.7. The predicted molar refractivity (Wildman–Crippen MR) is 76.4 cm³/mol. The number of fused-ring (bicyclic) bond motifs is 1. The van der Waals surface area contributed by atoms with Gasteiger partial charge in [-0.2, -0.15) is 0 Å². The lowest BCUT2D eigenvalue weighted by Gasteiger charge is -2.32. The van der Waals surface area contributed by atoms with Crippen molar-refractivity contribution in [2.45, 2.75) is 32.1 Å². The molecule has 20 heavy (non-hydrogen) atoms. The van der Waals surface area contributed by atoms with E-state index in [1.54, 1.807) is 7.11 Å². The van der Waals surface area contributed by atoms with Gasteiger partial charge < -0.3 is 19.9 Å². The molecular weight excluding hydrogens is 256 g/mol. The van der Waals surface area contributed by atoms with Crippen LogP contribution in [0.25, 0.3) is 0 Å². The molecule has 2 aliphatic heterocycles. The van der Waals surface area contributed by atoms with Gasteiger partial charge in [0.25, 0.3) is 0 Å². The van der Waals surface area contributed by atoms with Crippen molar-refractivity contribution in [3.63, 3.8) is 0 Å². The summed E-state index contributed by atoms with van der Waals surface area (Å²) in [6.07, 6.45) is 2.58. The largest absolute Gasteiger partial charge is 0.467 e. The number of nitrogen functional groups attached to an aromatic ring is 1. The van der Waals surface area contributed by atoms with E-state index in [1.165, 1.54) is 5.56 Å². The number of hydrogen-bond donors (Lipinski definition) is 1. The van der Waals surface area contributed by atoms with Gasteiger partial charge in [-0.3, -0.25) is 4.90 Å². The number of methoxy groups -OCH3 is 1. The molecule has 5 heteroatoms. The Bertz CT molecular complexity index is 470. The Kier molecular flexibility index (Phi) is 4.10. The second-order valence-corrected chi connectivity index (χ2v) is 5.49. The number of anilines is 1. The quantitative estimate of drug-likeness (QED) is 0.854. The number of hydrogen-bond acceptors (Lipinski definition) is 5. The Morgan fingerprint density at radius 1 is 1.35 bits per heavy atom. The number of nitrogens with zero attached hydrogens (tertiary/aromatic N) is 1. The summed E-state index contributed by atoms with van der Waals surface area (Å²) in [4.78, 5) is 2.43. The number of rotatable bonds is 3. The van der Waals surface area contributed by atoms with Crippen molar-refractivity contribution in [3.05, 3.63) is 23.3 Å². The van der Waals surface area contributed by atoms with Crippen LogP contribution in [0.15, 0.2) is 12.1 Å². The van der Waals surface area contributed by atoms with Gasteiger partial charge in [0.05, 0.1) is 12.7 Å². The number of likely N-dealkylation sites (tertiary alicyclic amines) is 1. The molecule has 0 aromatic heterocycles. The molecule has 110 valence electrons. The van der Waals surface area contributed by atoms with Gasteiger partial charge in [-0.1, -0.05) is 0 Å². The monoisotopic (exact) mass is 278 g/mol. The summed E-state index contributed by atoms with van der Waals surface area (Å²) >= 11 is 0. The van der Waals surface area contributed by atoms with E-state index in [4.69, 9.17) is 19.9 Å². The lowest BCUT2D eigenvalue weighted by Crippen LogP contribution is -2.36. The van der Waals surface area contributed by atoms with Crippen molar-refractivity contribution in [1.82, 2.24) is 4.90 Å². The van der Waals surface area contributed by atoms with Crippen molar-refractivity contribution in [1.29, 1.82) is 0 Å². The van der Waals surface area contributed by atoms with Crippen LogP contribution >= 0.6 is 0 Å². The average molecular weight is 278 g/mol. The van der Waals surface area contributed by atoms with Crippen molar-refractivity contribution in [3.8, 4) is 5.75 Å². The fraction of sp³-hybridized carbons (Fsp3) is 0.600. The maximum Gasteiger partial charge on any atom is 0.189 e. The number of ether oxygens (including phenoxy) is 3. The molecule has 1 aromatic carbocycles. The standard InChI is InChI=1S/C15H22N2O3/c1-18-14-2-4-17(5-3-14)8-11-6-13(16)7-12-9-19-10-20-15(11)12/h6-7,14H,2-5,8-10,16H2,1H3. The second kappa shape index (κ2) is 5.99. The van der Waals surface area contributed by atoms with Gasteiger partial charge in [0.2, 0.25) is 0 Å². The fourth-order valence-corrected chi connectivity index (χ4v) is 2.99. The first-order valence-corrected chi connectivity index (χ1v) is 7.13. The third kappa shape index (κ3) is 2.90. The van der Waals surface area contributed by atoms with E-state index in [9.17, 15) is 0 Å². The van der Waals surface area contributed by atoms with Gasteiger partial charge in [-0.25, -0.2) is 0 Å². The zero-order valence-electron chi connectivity index (χ0n) is 11.9. The van der Waals surface area contributed by atoms with Crippen LogP contribution in [0.4, 0.5) is 5.69 Å². The van der Waals surface area contributed by atoms with Gasteiger partial charge in [-0.05, 0) is 25.0 Å². The third-order valence-electron chi connectivity index (χ3n) is 4.07. The van der Waals surface area contributed by atoms with E-state index < -0.39 is 0 Å². The molecule has 0 aliphatic carbocycles. The average Bonchev–Trinajstić information content (AvgIpc) is 2.48. The molecule has 1 fully saturated rings. The Morgan fingerprint density at radius 3 is 2.90 bits per heavy atom. The summed E-state index contributed by atoms with van der Waals surface area (Å²) in [5, 5.41) is 0. The highest BCUT2D eigenvalue weighted by Crippen LogP contribution is 2.32. The minimum Gasteiger partial charge on any atom is -0.467 e. The van der Waals surface area contributed by atoms with Crippen LogP contribution < -0.4 is 10.5 Å². The zero-order chi connectivity index (χ0) is 13.9. The van der Waals surface area contributed by atoms with E-state index in [2.05, 4.69) is 4.90 Å². The highest BCUT2D eigenvalue weighted by Gasteiger charge is 2.22. The molecule has 2 aliphatic rings. The first-order chi connectivity index (χ1) is 9.76. The Hall–Kier alpha value is -1.30. The third-order valence-corrected chi connectivity index (χ3v) is 4.07. The minimum absolute atomic E-state index is 0.329. The topological polar surface area (TPSA) is 57.0 Å². The summed E-state index contributed by atoms with van der Waals surface area (Å²) in [6.45, 7) is 3.90. The Balaban J connectivity index is 1.72. The smallest absolute Gasteiger partial charge is 0.189 e. The lowest BCUT2D eigenvalue weighted by molar-refractivity contribution is -0.0178. The van der Waals surface area contributed by atoms with Crippen LogP contribution in [-0.4, -0.2) is 38.0 Å². The first-order valence-electron chi connectivity index (χ1n) is 7.13. The number of nitrogens with two attached hydrogens (primary N) is 1. The van der Waals surface area contributed by atoms with E-state index in [0.717, 1.165) is 49.5 Å². The molecule has 3 rings (SSSR count). The van der Waals surface area contributed by atoms with Crippen LogP contribution in [0.2, 0.25) is 0 Å². The fourth-order valence-electron chi connectivity index (χ4n) is 2.99. The number of benzene rings is 1. The van der Waals surface area contributed by atoms with Crippen LogP contribution in [0.1, 0.15) is 24.0 Å². The minimum atomic E-state index is 0.329. The van der Waals surface area contributed by atoms with Crippen LogP contribution in [0, 0.1) is 0 Å². The van der Waals surface area contributed by atoms with Gasteiger partial charge >= 0.3 is 0 Å². The molecule has 0 spiro atoms. The van der Waals surface area contributed by atoms with Gasteiger partial charge in [0.15, 0.2) is 6.79 Å². The van der Waals surface area contributed by atoms with E-state index >= 15 is 0 Å². The van der Waals surface area contributed by atoms with E-state index in [-0.39, 0.29) is 0 Å². The molecule has 0 atom stereocenters. The van der Waals surface area contributed by atoms with Crippen LogP contribution in [0.3, 0.4) is 0 Å². The molecule has 2 N–H and O–H groups in total. The highest BCUT2D eigenvalue weighted by atomic mass is 16.7. The molecule has 0 amide bonds. The second-order valence-electron chi connectivity index (χ2n) is 5.49. The van der Waals surface area contributed by atoms with Crippen LogP contribution in [0.5, 0.6) is 5.75 Å². The molecular formula is C15H22N2O3. The molecule has 2 heterocycles. The molecule has 0 bridgehead atoms. The van der Waals surface area contributed by atoms with Crippen LogP contribution in [-0.2, 0) is 22.6 Å². The Morgan fingerprint density at radius 2 is 2.15 bits per heavy atom. The van der Waals surface area contributed by atoms with E-state index in [1.807, 2.05) is 12.1 Å². The Labute approximate surface area is 119 Å². The van der Waals surface area contributed by atoms with Gasteiger partial charge in [0, 0.05) is 43.6 Å². The van der Waals surface area contributed by atoms with Gasteiger partial charge in [0.1, 0.15) is 5.75 Å². The van der Waals surface area contributed by atoms with Crippen molar-refractivity contribution in [2.75, 3.05) is 32.7 Å². The maximum absolute atomic E-state index is 5.98. The van der Waals surface area contributed by atoms with Gasteiger partial charge in [-0.15, -0.1) is 0 Å². The van der Waals surface area contributed by atoms with E-state index in [0.29, 0.717) is 19.5 Å². The molecule has 5 nitrogen and oxygen atoms in total. The lowest BCUT2D eigenvalue weighted by atomic mass is 10.0. The summed E-state index contributed by atoms with van der Waals surface area (Å²) < 4.78 is 16.4. The summed E-state index contributed by atoms with van der Waals surface area (Å²) in [6, 6.07) is 3.96. The molecule has 0 unspecified atom stereocenters. The van der Waals surface area contributed by atoms with Crippen molar-refractivity contribution in [2.24, 2.45) is 0 Å². The molecule has 0 saturated carbocycles. The normalized spacial score (nSPS) is 20.4. The SMILES string of the molecule is COC1CCN(Cc2cc(N)cc3c2OCOC3)CC1. The highest BCUT2D eigenvalue weighted by molar-refractivity contribution is 5.53. The molecule has 1 aromatic rings. The summed E-state index contributed by atoms with van der Waals surface area (Å²) in [5.74, 6) is 0.958. The maximum atomic E-state index is 5.98. The summed E-state index contributed by atoms with van der Waals surface area (Å²) in [7, 11) is 1.79. The number of piperidine rings is 1.